The van der Waals surface area contributed by atoms with Crippen LogP contribution in [-0.4, -0.2) is 43.3 Å². The van der Waals surface area contributed by atoms with Crippen LogP contribution in [0.25, 0.3) is 0 Å². The van der Waals surface area contributed by atoms with Crippen LogP contribution in [0, 0.1) is 5.92 Å². The normalized spacial score (nSPS) is 28.2. The molecule has 2 aliphatic heterocycles. The third-order valence-electron chi connectivity index (χ3n) is 6.50. The van der Waals surface area contributed by atoms with Crippen LogP contribution >= 0.6 is 11.6 Å². The van der Waals surface area contributed by atoms with Gasteiger partial charge in [-0.25, -0.2) is 4.79 Å². The fourth-order valence-corrected chi connectivity index (χ4v) is 4.73. The lowest BCUT2D eigenvalue weighted by Gasteiger charge is -2.33. The zero-order valence-corrected chi connectivity index (χ0v) is 20.6. The number of methoxy groups -OCH3 is 1. The average Bonchev–Trinajstić information content (AvgIpc) is 3.47. The number of allylic oxidation sites excluding steroid dienone is 3. The van der Waals surface area contributed by atoms with Crippen molar-refractivity contribution in [2.75, 3.05) is 7.11 Å². The van der Waals surface area contributed by atoms with Gasteiger partial charge in [0.15, 0.2) is 0 Å². The fourth-order valence-electron chi connectivity index (χ4n) is 4.53. The van der Waals surface area contributed by atoms with Crippen LogP contribution < -0.4 is 10.1 Å². The predicted octanol–water partition coefficient (Wildman–Crippen LogP) is 5.42. The van der Waals surface area contributed by atoms with Gasteiger partial charge in [0, 0.05) is 24.8 Å². The second-order valence-corrected chi connectivity index (χ2v) is 9.67. The molecule has 2 aliphatic rings. The molecule has 2 heterocycles. The first kappa shape index (κ1) is 25.3. The molecule has 1 aromatic rings. The summed E-state index contributed by atoms with van der Waals surface area (Å²) in [5.41, 5.74) is 2.05. The van der Waals surface area contributed by atoms with Gasteiger partial charge in [0.25, 0.3) is 0 Å². The number of hydrogen-bond donors (Lipinski definition) is 1. The minimum absolute atomic E-state index is 0.0154. The standard InChI is InChI=1S/C26H34ClNO5/c1-17(14-19-10-11-21(27)23(15-19)31-4)8-5-6-9-20-16-22(32-25(30)28-20)18(2)24-26(3,33-24)12-7-13-29/h5-6,8,10-11,13,15,18,20,22,24H,7,9,12,14,16H2,1-4H3,(H,28,30)/b6-5+,17-8+/t18-,20?,22?,24?,26?/m1/s1. The topological polar surface area (TPSA) is 77.2 Å². The van der Waals surface area contributed by atoms with Crippen LogP contribution in [0.4, 0.5) is 4.79 Å². The minimum atomic E-state index is -0.379. The number of aldehydes is 1. The first-order chi connectivity index (χ1) is 15.8. The molecular weight excluding hydrogens is 442 g/mol. The Kier molecular flexibility index (Phi) is 8.60. The minimum Gasteiger partial charge on any atom is -0.495 e. The first-order valence-corrected chi connectivity index (χ1v) is 11.9. The van der Waals surface area contributed by atoms with Gasteiger partial charge in [0.05, 0.1) is 23.8 Å². The number of nitrogens with one attached hydrogen (secondary N) is 1. The van der Waals surface area contributed by atoms with Gasteiger partial charge in [-0.3, -0.25) is 0 Å². The number of hydrogen-bond acceptors (Lipinski definition) is 5. The predicted molar refractivity (Wildman–Crippen MR) is 129 cm³/mol. The molecule has 180 valence electrons. The summed E-state index contributed by atoms with van der Waals surface area (Å²) in [6.07, 6.45) is 9.99. The maximum Gasteiger partial charge on any atom is 0.407 e. The molecule has 5 atom stereocenters. The third-order valence-corrected chi connectivity index (χ3v) is 6.81. The molecular formula is C26H34ClNO5. The summed E-state index contributed by atoms with van der Waals surface area (Å²) in [5, 5.41) is 3.52. The number of halogens is 1. The van der Waals surface area contributed by atoms with Crippen molar-refractivity contribution in [3.8, 4) is 5.75 Å². The maximum absolute atomic E-state index is 12.1. The number of rotatable bonds is 11. The lowest BCUT2D eigenvalue weighted by atomic mass is 9.86. The molecule has 1 amide bonds. The van der Waals surface area contributed by atoms with Crippen molar-refractivity contribution < 1.29 is 23.8 Å². The molecule has 33 heavy (non-hydrogen) atoms. The van der Waals surface area contributed by atoms with Gasteiger partial charge in [0.1, 0.15) is 18.1 Å². The number of ether oxygens (including phenoxy) is 3. The molecule has 0 saturated carbocycles. The summed E-state index contributed by atoms with van der Waals surface area (Å²) in [4.78, 5) is 22.8. The van der Waals surface area contributed by atoms with E-state index in [2.05, 4.69) is 31.3 Å². The molecule has 6 nitrogen and oxygen atoms in total. The molecule has 0 aliphatic carbocycles. The number of cyclic esters (lactones) is 1. The van der Waals surface area contributed by atoms with Crippen LogP contribution in [-0.2, 0) is 20.7 Å². The molecule has 7 heteroatoms. The van der Waals surface area contributed by atoms with E-state index >= 15 is 0 Å². The highest BCUT2D eigenvalue weighted by Crippen LogP contribution is 2.46. The number of benzene rings is 1. The van der Waals surface area contributed by atoms with Crippen molar-refractivity contribution in [3.63, 3.8) is 0 Å². The van der Waals surface area contributed by atoms with E-state index in [1.54, 1.807) is 7.11 Å². The number of carbonyl (C=O) groups is 2. The summed E-state index contributed by atoms with van der Waals surface area (Å²) in [7, 11) is 1.61. The van der Waals surface area contributed by atoms with Gasteiger partial charge in [-0.2, -0.15) is 0 Å². The van der Waals surface area contributed by atoms with E-state index in [4.69, 9.17) is 25.8 Å². The lowest BCUT2D eigenvalue weighted by molar-refractivity contribution is -0.108. The summed E-state index contributed by atoms with van der Waals surface area (Å²) in [6.45, 7) is 6.16. The van der Waals surface area contributed by atoms with Crippen LogP contribution in [0.3, 0.4) is 0 Å². The number of carbonyl (C=O) groups excluding carboxylic acids is 2. The SMILES string of the molecule is COc1cc(C/C(C)=C/C=C/CC2CC([C@@H](C)C3OC3(C)CCC=O)OC(=O)N2)ccc1Cl. The Hall–Kier alpha value is -2.31. The Morgan fingerprint density at radius 2 is 2.21 bits per heavy atom. The van der Waals surface area contributed by atoms with Gasteiger partial charge in [-0.15, -0.1) is 0 Å². The molecule has 1 aromatic carbocycles. The van der Waals surface area contributed by atoms with E-state index in [1.807, 2.05) is 31.2 Å². The van der Waals surface area contributed by atoms with Crippen molar-refractivity contribution in [1.29, 1.82) is 0 Å². The van der Waals surface area contributed by atoms with Crippen LogP contribution in [0.5, 0.6) is 5.75 Å². The number of alkyl carbamates (subject to hydrolysis) is 1. The molecule has 1 N–H and O–H groups in total. The van der Waals surface area contributed by atoms with Crippen LogP contribution in [0.1, 0.15) is 52.0 Å². The maximum atomic E-state index is 12.1. The summed E-state index contributed by atoms with van der Waals surface area (Å²) in [5.74, 6) is 0.759. The highest BCUT2D eigenvalue weighted by Gasteiger charge is 2.56. The number of epoxide rings is 1. The summed E-state index contributed by atoms with van der Waals surface area (Å²) >= 11 is 6.09. The van der Waals surface area contributed by atoms with Crippen molar-refractivity contribution >= 4 is 24.0 Å². The summed E-state index contributed by atoms with van der Waals surface area (Å²) in [6, 6.07) is 5.82. The molecule has 0 spiro atoms. The van der Waals surface area contributed by atoms with E-state index in [0.29, 0.717) is 23.6 Å². The fraction of sp³-hybridized carbons (Fsp3) is 0.538. The van der Waals surface area contributed by atoms with Gasteiger partial charge >= 0.3 is 6.09 Å². The highest BCUT2D eigenvalue weighted by atomic mass is 35.5. The van der Waals surface area contributed by atoms with Crippen molar-refractivity contribution in [3.05, 3.63) is 52.6 Å². The first-order valence-electron chi connectivity index (χ1n) is 11.5. The zero-order valence-electron chi connectivity index (χ0n) is 19.8. The molecule has 0 bridgehead atoms. The van der Waals surface area contributed by atoms with E-state index < -0.39 is 0 Å². The third kappa shape index (κ3) is 6.84. The lowest BCUT2D eigenvalue weighted by Crippen LogP contribution is -2.48. The Morgan fingerprint density at radius 3 is 2.94 bits per heavy atom. The van der Waals surface area contributed by atoms with Crippen molar-refractivity contribution in [2.45, 2.75) is 76.7 Å². The Balaban J connectivity index is 1.50. The second kappa shape index (κ2) is 11.2. The Morgan fingerprint density at radius 1 is 1.42 bits per heavy atom. The van der Waals surface area contributed by atoms with Crippen molar-refractivity contribution in [2.24, 2.45) is 5.92 Å². The Labute approximate surface area is 201 Å². The van der Waals surface area contributed by atoms with Crippen molar-refractivity contribution in [1.82, 2.24) is 5.32 Å². The van der Waals surface area contributed by atoms with E-state index in [1.165, 1.54) is 5.57 Å². The largest absolute Gasteiger partial charge is 0.495 e. The molecule has 2 saturated heterocycles. The van der Waals surface area contributed by atoms with Gasteiger partial charge in [0.2, 0.25) is 0 Å². The molecule has 0 radical (unpaired) electrons. The number of amides is 1. The smallest absolute Gasteiger partial charge is 0.407 e. The second-order valence-electron chi connectivity index (χ2n) is 9.26. The molecule has 0 aromatic heterocycles. The van der Waals surface area contributed by atoms with E-state index in [0.717, 1.165) is 31.1 Å². The highest BCUT2D eigenvalue weighted by molar-refractivity contribution is 6.32. The van der Waals surface area contributed by atoms with Gasteiger partial charge < -0.3 is 24.3 Å². The summed E-state index contributed by atoms with van der Waals surface area (Å²) < 4.78 is 16.7. The van der Waals surface area contributed by atoms with E-state index in [-0.39, 0.29) is 35.9 Å². The van der Waals surface area contributed by atoms with Gasteiger partial charge in [-0.1, -0.05) is 48.4 Å². The molecule has 2 fully saturated rings. The van der Waals surface area contributed by atoms with Crippen LogP contribution in [0.15, 0.2) is 42.0 Å². The quantitative estimate of drug-likeness (QED) is 0.262. The molecule has 4 unspecified atom stereocenters. The monoisotopic (exact) mass is 475 g/mol. The van der Waals surface area contributed by atoms with E-state index in [9.17, 15) is 9.59 Å². The zero-order chi connectivity index (χ0) is 24.0. The van der Waals surface area contributed by atoms with Gasteiger partial charge in [-0.05, 0) is 50.8 Å². The average molecular weight is 476 g/mol. The van der Waals surface area contributed by atoms with Crippen LogP contribution in [0.2, 0.25) is 5.02 Å². The molecule has 3 rings (SSSR count). The Bertz CT molecular complexity index is 914.